The monoisotopic (exact) mass is 299 g/mol. The number of nitrogens with one attached hydrogen (secondary N) is 1. The molecule has 0 saturated heterocycles. The first kappa shape index (κ1) is 13.8. The molecule has 7 nitrogen and oxygen atoms in total. The molecule has 0 bridgehead atoms. The zero-order valence-corrected chi connectivity index (χ0v) is 12.0. The van der Waals surface area contributed by atoms with Gasteiger partial charge in [-0.15, -0.1) is 0 Å². The summed E-state index contributed by atoms with van der Waals surface area (Å²) >= 11 is 7.11. The number of rotatable bonds is 2. The van der Waals surface area contributed by atoms with Crippen LogP contribution in [0.5, 0.6) is 0 Å². The Morgan fingerprint density at radius 2 is 1.89 bits per heavy atom. The number of hydrogen-bond donors (Lipinski definition) is 1. The van der Waals surface area contributed by atoms with E-state index < -0.39 is 11.1 Å². The fourth-order valence-corrected chi connectivity index (χ4v) is 2.49. The van der Waals surface area contributed by atoms with Crippen molar-refractivity contribution < 1.29 is 0 Å². The van der Waals surface area contributed by atoms with Gasteiger partial charge >= 0.3 is 11.1 Å². The highest BCUT2D eigenvalue weighted by molar-refractivity contribution is 7.99. The van der Waals surface area contributed by atoms with Gasteiger partial charge < -0.3 is 0 Å². The number of halogens is 1. The molecule has 0 spiro atoms. The van der Waals surface area contributed by atoms with Gasteiger partial charge in [0.2, 0.25) is 0 Å². The topological polar surface area (TPSA) is 93.5 Å². The number of aryl methyl sites for hydroxylation is 2. The maximum absolute atomic E-state index is 11.3. The van der Waals surface area contributed by atoms with Gasteiger partial charge in [0, 0.05) is 12.6 Å². The third-order valence-corrected chi connectivity index (χ3v) is 3.80. The van der Waals surface area contributed by atoms with E-state index in [4.69, 9.17) is 11.6 Å². The molecule has 0 aliphatic carbocycles. The van der Waals surface area contributed by atoms with Gasteiger partial charge in [-0.2, -0.15) is 4.98 Å². The summed E-state index contributed by atoms with van der Waals surface area (Å²) in [7, 11) is 1.58. The summed E-state index contributed by atoms with van der Waals surface area (Å²) in [5, 5.41) is 3.63. The first-order valence-electron chi connectivity index (χ1n) is 5.24. The Morgan fingerprint density at radius 3 is 2.58 bits per heavy atom. The maximum Gasteiger partial charge on any atom is 0.339 e. The number of H-pyrrole nitrogens is 1. The van der Waals surface area contributed by atoms with Crippen molar-refractivity contribution in [2.75, 3.05) is 0 Å². The van der Waals surface area contributed by atoms with Crippen LogP contribution < -0.4 is 11.1 Å². The Balaban J connectivity index is 2.50. The van der Waals surface area contributed by atoms with Crippen LogP contribution in [0.1, 0.15) is 11.4 Å². The van der Waals surface area contributed by atoms with E-state index in [0.29, 0.717) is 26.7 Å². The molecule has 1 N–H and O–H groups in total. The highest BCUT2D eigenvalue weighted by Crippen LogP contribution is 2.28. The number of nitrogens with zero attached hydrogens (tertiary/aromatic N) is 4. The summed E-state index contributed by atoms with van der Waals surface area (Å²) in [6.07, 6.45) is 0. The molecule has 0 fully saturated rings. The molecule has 0 aliphatic rings. The highest BCUT2D eigenvalue weighted by Gasteiger charge is 2.12. The lowest BCUT2D eigenvalue weighted by Crippen LogP contribution is -2.33. The Kier molecular flexibility index (Phi) is 3.72. The van der Waals surface area contributed by atoms with Crippen molar-refractivity contribution in [1.82, 2.24) is 24.7 Å². The van der Waals surface area contributed by atoms with Gasteiger partial charge in [-0.05, 0) is 25.6 Å². The van der Waals surface area contributed by atoms with E-state index in [-0.39, 0.29) is 0 Å². The van der Waals surface area contributed by atoms with Gasteiger partial charge in [-0.3, -0.25) is 19.4 Å². The van der Waals surface area contributed by atoms with E-state index in [1.54, 1.807) is 20.9 Å². The quantitative estimate of drug-likeness (QED) is 0.647. The zero-order valence-electron chi connectivity index (χ0n) is 10.4. The molecule has 19 heavy (non-hydrogen) atoms. The lowest BCUT2D eigenvalue weighted by Gasteiger charge is -2.08. The molecule has 2 aromatic heterocycles. The minimum absolute atomic E-state index is 0.321. The molecule has 0 radical (unpaired) electrons. The average Bonchev–Trinajstić information content (AvgIpc) is 2.32. The zero-order chi connectivity index (χ0) is 14.2. The largest absolute Gasteiger partial charge is 0.339 e. The molecule has 0 saturated carbocycles. The smallest absolute Gasteiger partial charge is 0.265 e. The van der Waals surface area contributed by atoms with Gasteiger partial charge in [0.05, 0.1) is 0 Å². The lowest BCUT2D eigenvalue weighted by molar-refractivity contribution is 0.596. The molecule has 0 aliphatic heterocycles. The van der Waals surface area contributed by atoms with Crippen molar-refractivity contribution in [2.24, 2.45) is 7.05 Å². The molecule has 2 aromatic rings. The van der Waals surface area contributed by atoms with Crippen LogP contribution in [0.3, 0.4) is 0 Å². The summed E-state index contributed by atoms with van der Waals surface area (Å²) < 4.78 is 1.36. The predicted molar refractivity (Wildman–Crippen MR) is 70.7 cm³/mol. The van der Waals surface area contributed by atoms with Crippen LogP contribution in [0.15, 0.2) is 19.8 Å². The van der Waals surface area contributed by atoms with E-state index in [2.05, 4.69) is 20.1 Å². The second kappa shape index (κ2) is 5.14. The molecule has 100 valence electrons. The lowest BCUT2D eigenvalue weighted by atomic mass is 10.4. The van der Waals surface area contributed by atoms with Gasteiger partial charge in [0.15, 0.2) is 5.16 Å². The Labute approximate surface area is 117 Å². The van der Waals surface area contributed by atoms with Crippen molar-refractivity contribution in [3.8, 4) is 0 Å². The average molecular weight is 300 g/mol. The Bertz CT molecular complexity index is 755. The molecule has 2 heterocycles. The Morgan fingerprint density at radius 1 is 1.21 bits per heavy atom. The molecule has 0 atom stereocenters. The van der Waals surface area contributed by atoms with Crippen LogP contribution in [0.4, 0.5) is 0 Å². The third kappa shape index (κ3) is 2.85. The van der Waals surface area contributed by atoms with Crippen molar-refractivity contribution in [2.45, 2.75) is 24.0 Å². The molecule has 0 amide bonds. The SMILES string of the molecule is Cc1nc(Cl)c(C)c(Sc2nc(=O)c(=O)[nH]n2C)n1. The summed E-state index contributed by atoms with van der Waals surface area (Å²) in [5.74, 6) is 0.521. The third-order valence-electron chi connectivity index (χ3n) is 2.29. The normalized spacial score (nSPS) is 10.7. The van der Waals surface area contributed by atoms with Gasteiger partial charge in [-0.25, -0.2) is 9.97 Å². The standard InChI is InChI=1S/C10H10ClN5O2S/c1-4-6(11)12-5(2)13-9(4)19-10-14-7(17)8(18)15-16(10)3/h1-3H3,(H,15,18). The summed E-state index contributed by atoms with van der Waals surface area (Å²) in [5.41, 5.74) is -0.909. The van der Waals surface area contributed by atoms with Crippen molar-refractivity contribution in [1.29, 1.82) is 0 Å². The molecule has 2 rings (SSSR count). The molecule has 0 unspecified atom stereocenters. The number of hydrogen-bond acceptors (Lipinski definition) is 6. The van der Waals surface area contributed by atoms with E-state index in [0.717, 1.165) is 11.8 Å². The minimum atomic E-state index is -0.838. The van der Waals surface area contributed by atoms with Crippen LogP contribution in [0.2, 0.25) is 5.15 Å². The maximum atomic E-state index is 11.3. The Hall–Kier alpha value is -1.67. The van der Waals surface area contributed by atoms with Crippen LogP contribution in [-0.4, -0.2) is 24.7 Å². The van der Waals surface area contributed by atoms with Crippen molar-refractivity contribution in [3.05, 3.63) is 37.2 Å². The molecule has 0 aromatic carbocycles. The molecule has 9 heteroatoms. The molecular formula is C10H10ClN5O2S. The fourth-order valence-electron chi connectivity index (χ4n) is 1.31. The van der Waals surface area contributed by atoms with Gasteiger partial charge in [-0.1, -0.05) is 11.6 Å². The van der Waals surface area contributed by atoms with E-state index in [9.17, 15) is 9.59 Å². The summed E-state index contributed by atoms with van der Waals surface area (Å²) in [6.45, 7) is 3.49. The number of aromatic nitrogens is 5. The molecular weight excluding hydrogens is 290 g/mol. The van der Waals surface area contributed by atoms with Crippen molar-refractivity contribution in [3.63, 3.8) is 0 Å². The summed E-state index contributed by atoms with van der Waals surface area (Å²) in [6, 6.07) is 0. The number of aromatic amines is 1. The van der Waals surface area contributed by atoms with Crippen molar-refractivity contribution >= 4 is 23.4 Å². The fraction of sp³-hybridized carbons (Fsp3) is 0.300. The van der Waals surface area contributed by atoms with Crippen LogP contribution in [0, 0.1) is 13.8 Å². The van der Waals surface area contributed by atoms with Crippen LogP contribution >= 0.6 is 23.4 Å². The van der Waals surface area contributed by atoms with Gasteiger partial charge in [0.1, 0.15) is 16.0 Å². The van der Waals surface area contributed by atoms with E-state index >= 15 is 0 Å². The second-order valence-electron chi connectivity index (χ2n) is 3.79. The first-order chi connectivity index (χ1) is 8.88. The highest BCUT2D eigenvalue weighted by atomic mass is 35.5. The van der Waals surface area contributed by atoms with E-state index in [1.807, 2.05) is 0 Å². The predicted octanol–water partition coefficient (Wildman–Crippen LogP) is 0.680. The van der Waals surface area contributed by atoms with Crippen LogP contribution in [-0.2, 0) is 7.05 Å². The van der Waals surface area contributed by atoms with E-state index in [1.165, 1.54) is 4.68 Å². The first-order valence-corrected chi connectivity index (χ1v) is 6.44. The minimum Gasteiger partial charge on any atom is -0.265 e. The summed E-state index contributed by atoms with van der Waals surface area (Å²) in [4.78, 5) is 34.3. The second-order valence-corrected chi connectivity index (χ2v) is 5.11. The van der Waals surface area contributed by atoms with Gasteiger partial charge in [0.25, 0.3) is 0 Å². The van der Waals surface area contributed by atoms with Crippen LogP contribution in [0.25, 0.3) is 0 Å².